The Labute approximate surface area is 163 Å². The maximum absolute atomic E-state index is 12.8. The first-order chi connectivity index (χ1) is 13.6. The van der Waals surface area contributed by atoms with Gasteiger partial charge in [0.2, 0.25) is 0 Å². The minimum absolute atomic E-state index is 0.0713. The fourth-order valence-corrected chi connectivity index (χ4v) is 3.14. The average molecular weight is 381 g/mol. The molecule has 1 heterocycles. The number of rotatable bonds is 4. The first-order valence-electron chi connectivity index (χ1n) is 9.23. The SMILES string of the molecule is COC(=O)c1ccc(NC(=O)Nc2ccccc2C(=O)N2CCCCC2)cc1. The Bertz CT molecular complexity index is 858. The minimum Gasteiger partial charge on any atom is -0.465 e. The van der Waals surface area contributed by atoms with Gasteiger partial charge in [0.1, 0.15) is 0 Å². The number of ether oxygens (including phenoxy) is 1. The molecule has 1 aliphatic heterocycles. The first-order valence-corrected chi connectivity index (χ1v) is 9.23. The zero-order valence-corrected chi connectivity index (χ0v) is 15.7. The molecule has 7 nitrogen and oxygen atoms in total. The van der Waals surface area contributed by atoms with Gasteiger partial charge in [-0.3, -0.25) is 4.79 Å². The minimum atomic E-state index is -0.468. The standard InChI is InChI=1S/C21H23N3O4/c1-28-20(26)15-9-11-16(12-10-15)22-21(27)23-18-8-4-3-7-17(18)19(25)24-13-5-2-6-14-24/h3-4,7-12H,2,5-6,13-14H2,1H3,(H2,22,23,27). The van der Waals surface area contributed by atoms with Gasteiger partial charge >= 0.3 is 12.0 Å². The Morgan fingerprint density at radius 1 is 0.893 bits per heavy atom. The summed E-state index contributed by atoms with van der Waals surface area (Å²) in [5.74, 6) is -0.515. The van der Waals surface area contributed by atoms with Crippen LogP contribution in [0.1, 0.15) is 40.0 Å². The highest BCUT2D eigenvalue weighted by molar-refractivity contribution is 6.06. The lowest BCUT2D eigenvalue weighted by molar-refractivity contribution is 0.0600. The molecule has 0 unspecified atom stereocenters. The van der Waals surface area contributed by atoms with E-state index in [1.165, 1.54) is 7.11 Å². The summed E-state index contributed by atoms with van der Waals surface area (Å²) in [6, 6.07) is 12.9. The molecule has 3 rings (SSSR count). The molecule has 3 amide bonds. The molecule has 28 heavy (non-hydrogen) atoms. The molecule has 0 saturated carbocycles. The molecule has 146 valence electrons. The molecular formula is C21H23N3O4. The average Bonchev–Trinajstić information content (AvgIpc) is 2.74. The summed E-state index contributed by atoms with van der Waals surface area (Å²) < 4.78 is 4.65. The van der Waals surface area contributed by atoms with Gasteiger partial charge in [0.05, 0.1) is 23.9 Å². The number of carbonyl (C=O) groups is 3. The summed E-state index contributed by atoms with van der Waals surface area (Å²) in [7, 11) is 1.31. The van der Waals surface area contributed by atoms with Crippen LogP contribution in [0, 0.1) is 0 Å². The Morgan fingerprint density at radius 3 is 2.25 bits per heavy atom. The van der Waals surface area contributed by atoms with Crippen molar-refractivity contribution in [3.8, 4) is 0 Å². The number of esters is 1. The quantitative estimate of drug-likeness (QED) is 0.790. The number of nitrogens with one attached hydrogen (secondary N) is 2. The van der Waals surface area contributed by atoms with E-state index in [0.717, 1.165) is 32.4 Å². The summed E-state index contributed by atoms with van der Waals surface area (Å²) >= 11 is 0. The maximum atomic E-state index is 12.8. The van der Waals surface area contributed by atoms with Gasteiger partial charge in [-0.1, -0.05) is 12.1 Å². The predicted octanol–water partition coefficient (Wildman–Crippen LogP) is 3.74. The van der Waals surface area contributed by atoms with Crippen LogP contribution in [-0.4, -0.2) is 43.0 Å². The number of piperidine rings is 1. The normalized spacial score (nSPS) is 13.5. The van der Waals surface area contributed by atoms with E-state index in [-0.39, 0.29) is 5.91 Å². The molecule has 0 bridgehead atoms. The van der Waals surface area contributed by atoms with Crippen molar-refractivity contribution in [3.05, 3.63) is 59.7 Å². The van der Waals surface area contributed by atoms with Gasteiger partial charge in [-0.2, -0.15) is 0 Å². The smallest absolute Gasteiger partial charge is 0.337 e. The zero-order chi connectivity index (χ0) is 19.9. The second-order valence-corrected chi connectivity index (χ2v) is 6.55. The van der Waals surface area contributed by atoms with Gasteiger partial charge in [0.15, 0.2) is 0 Å². The van der Waals surface area contributed by atoms with Gasteiger partial charge in [0, 0.05) is 18.8 Å². The monoisotopic (exact) mass is 381 g/mol. The van der Waals surface area contributed by atoms with Crippen molar-refractivity contribution < 1.29 is 19.1 Å². The lowest BCUT2D eigenvalue weighted by atomic mass is 10.1. The van der Waals surface area contributed by atoms with Crippen LogP contribution in [0.5, 0.6) is 0 Å². The van der Waals surface area contributed by atoms with E-state index >= 15 is 0 Å². The number of nitrogens with zero attached hydrogens (tertiary/aromatic N) is 1. The van der Waals surface area contributed by atoms with E-state index < -0.39 is 12.0 Å². The van der Waals surface area contributed by atoms with E-state index in [1.54, 1.807) is 48.5 Å². The first kappa shape index (κ1) is 19.4. The van der Waals surface area contributed by atoms with Crippen molar-refractivity contribution in [2.45, 2.75) is 19.3 Å². The van der Waals surface area contributed by atoms with Crippen molar-refractivity contribution in [2.24, 2.45) is 0 Å². The third kappa shape index (κ3) is 4.68. The summed E-state index contributed by atoms with van der Waals surface area (Å²) in [4.78, 5) is 38.5. The number of hydrogen-bond donors (Lipinski definition) is 2. The summed E-state index contributed by atoms with van der Waals surface area (Å²) in [5, 5.41) is 5.43. The number of amides is 3. The van der Waals surface area contributed by atoms with Crippen LogP contribution in [-0.2, 0) is 4.74 Å². The molecule has 2 aromatic carbocycles. The zero-order valence-electron chi connectivity index (χ0n) is 15.7. The molecule has 7 heteroatoms. The van der Waals surface area contributed by atoms with Crippen molar-refractivity contribution in [3.63, 3.8) is 0 Å². The van der Waals surface area contributed by atoms with Crippen LogP contribution >= 0.6 is 0 Å². The highest BCUT2D eigenvalue weighted by Gasteiger charge is 2.21. The van der Waals surface area contributed by atoms with Crippen LogP contribution < -0.4 is 10.6 Å². The van der Waals surface area contributed by atoms with Crippen LogP contribution in [0.4, 0.5) is 16.2 Å². The van der Waals surface area contributed by atoms with Gasteiger partial charge in [0.25, 0.3) is 5.91 Å². The summed E-state index contributed by atoms with van der Waals surface area (Å²) in [6.07, 6.45) is 3.15. The molecule has 0 radical (unpaired) electrons. The number of likely N-dealkylation sites (tertiary alicyclic amines) is 1. The number of benzene rings is 2. The number of anilines is 2. The Balaban J connectivity index is 1.67. The van der Waals surface area contributed by atoms with Crippen molar-refractivity contribution in [1.29, 1.82) is 0 Å². The van der Waals surface area contributed by atoms with Crippen molar-refractivity contribution in [1.82, 2.24) is 4.90 Å². The number of hydrogen-bond acceptors (Lipinski definition) is 4. The molecule has 2 aromatic rings. The number of methoxy groups -OCH3 is 1. The predicted molar refractivity (Wildman–Crippen MR) is 107 cm³/mol. The van der Waals surface area contributed by atoms with Gasteiger partial charge in [-0.05, 0) is 55.7 Å². The summed E-state index contributed by atoms with van der Waals surface area (Å²) in [6.45, 7) is 1.48. The van der Waals surface area contributed by atoms with E-state index in [9.17, 15) is 14.4 Å². The van der Waals surface area contributed by atoms with Crippen LogP contribution in [0.2, 0.25) is 0 Å². The topological polar surface area (TPSA) is 87.7 Å². The summed E-state index contributed by atoms with van der Waals surface area (Å²) in [5.41, 5.74) is 1.85. The van der Waals surface area contributed by atoms with E-state index in [4.69, 9.17) is 0 Å². The second-order valence-electron chi connectivity index (χ2n) is 6.55. The molecule has 0 aromatic heterocycles. The molecule has 1 fully saturated rings. The molecule has 0 aliphatic carbocycles. The maximum Gasteiger partial charge on any atom is 0.337 e. The molecule has 0 spiro atoms. The van der Waals surface area contributed by atoms with E-state index in [0.29, 0.717) is 22.5 Å². The molecular weight excluding hydrogens is 358 g/mol. The number of para-hydroxylation sites is 1. The van der Waals surface area contributed by atoms with Gasteiger partial charge in [-0.25, -0.2) is 9.59 Å². The number of urea groups is 1. The highest BCUT2D eigenvalue weighted by Crippen LogP contribution is 2.20. The van der Waals surface area contributed by atoms with Crippen molar-refractivity contribution in [2.75, 3.05) is 30.8 Å². The van der Waals surface area contributed by atoms with Gasteiger partial charge < -0.3 is 20.3 Å². The Kier molecular flexibility index (Phi) is 6.26. The third-order valence-corrected chi connectivity index (χ3v) is 4.61. The second kappa shape index (κ2) is 9.03. The molecule has 1 aliphatic rings. The molecule has 1 saturated heterocycles. The molecule has 2 N–H and O–H groups in total. The fourth-order valence-electron chi connectivity index (χ4n) is 3.14. The highest BCUT2D eigenvalue weighted by atomic mass is 16.5. The number of carbonyl (C=O) groups excluding carboxylic acids is 3. The van der Waals surface area contributed by atoms with Gasteiger partial charge in [-0.15, -0.1) is 0 Å². The Hall–Kier alpha value is -3.35. The molecule has 0 atom stereocenters. The van der Waals surface area contributed by atoms with Crippen LogP contribution in [0.25, 0.3) is 0 Å². The van der Waals surface area contributed by atoms with Crippen LogP contribution in [0.3, 0.4) is 0 Å². The third-order valence-electron chi connectivity index (χ3n) is 4.61. The van der Waals surface area contributed by atoms with E-state index in [1.807, 2.05) is 4.90 Å². The van der Waals surface area contributed by atoms with Crippen LogP contribution in [0.15, 0.2) is 48.5 Å². The Morgan fingerprint density at radius 2 is 1.57 bits per heavy atom. The fraction of sp³-hybridized carbons (Fsp3) is 0.286. The van der Waals surface area contributed by atoms with Crippen molar-refractivity contribution >= 4 is 29.3 Å². The van der Waals surface area contributed by atoms with E-state index in [2.05, 4.69) is 15.4 Å². The lowest BCUT2D eigenvalue weighted by Gasteiger charge is -2.27. The largest absolute Gasteiger partial charge is 0.465 e. The lowest BCUT2D eigenvalue weighted by Crippen LogP contribution is -2.36.